The Balaban J connectivity index is 1.91. The monoisotopic (exact) mass is 421 g/mol. The number of hydrogen-bond donors (Lipinski definition) is 0. The maximum Gasteiger partial charge on any atom is 0.199 e. The predicted molar refractivity (Wildman–Crippen MR) is 123 cm³/mol. The summed E-state index contributed by atoms with van der Waals surface area (Å²) in [7, 11) is -5.63. The molecule has 0 fully saturated rings. The third-order valence-corrected chi connectivity index (χ3v) is 10.9. The molecule has 1 aromatic heterocycles. The van der Waals surface area contributed by atoms with Gasteiger partial charge < -0.3 is 0 Å². The number of aromatic nitrogens is 1. The number of sulfone groups is 1. The highest BCUT2D eigenvalue weighted by atomic mass is 32.2. The van der Waals surface area contributed by atoms with Crippen molar-refractivity contribution >= 4 is 23.1 Å². The zero-order valence-electron chi connectivity index (χ0n) is 17.0. The van der Waals surface area contributed by atoms with Gasteiger partial charge in [0.15, 0.2) is 14.9 Å². The Labute approximate surface area is 175 Å². The zero-order chi connectivity index (χ0) is 20.7. The van der Waals surface area contributed by atoms with E-state index < -0.39 is 17.9 Å². The van der Waals surface area contributed by atoms with E-state index in [1.807, 2.05) is 36.4 Å². The fourth-order valence-corrected chi connectivity index (χ4v) is 8.65. The molecular formula is C24H27NO2SSi. The number of hydrogen-bond acceptors (Lipinski definition) is 3. The van der Waals surface area contributed by atoms with Gasteiger partial charge in [0, 0.05) is 6.20 Å². The highest BCUT2D eigenvalue weighted by Gasteiger charge is 2.32. The number of allylic oxidation sites excluding steroid dienone is 1. The smallest absolute Gasteiger partial charge is 0.199 e. The lowest BCUT2D eigenvalue weighted by atomic mass is 10.1. The van der Waals surface area contributed by atoms with Gasteiger partial charge in [0.25, 0.3) is 0 Å². The summed E-state index contributed by atoms with van der Waals surface area (Å²) in [5.74, 6) is 0.0208. The summed E-state index contributed by atoms with van der Waals surface area (Å²) in [5, 5.41) is 2.42. The molecule has 5 heteroatoms. The van der Waals surface area contributed by atoms with Crippen LogP contribution in [0.3, 0.4) is 0 Å². The minimum Gasteiger partial charge on any atom is -0.245 e. The zero-order valence-corrected chi connectivity index (χ0v) is 18.8. The fraction of sp³-hybridized carbons (Fsp3) is 0.208. The molecule has 0 bridgehead atoms. The summed E-state index contributed by atoms with van der Waals surface area (Å²) in [6, 6.07) is 25.6. The summed E-state index contributed by atoms with van der Waals surface area (Å²) >= 11 is 0. The summed E-state index contributed by atoms with van der Waals surface area (Å²) < 4.78 is 26.1. The van der Waals surface area contributed by atoms with Crippen LogP contribution in [0.15, 0.2) is 101 Å². The molecule has 150 valence electrons. The van der Waals surface area contributed by atoms with Crippen LogP contribution >= 0.6 is 0 Å². The predicted octanol–water partition coefficient (Wildman–Crippen LogP) is 4.57. The van der Waals surface area contributed by atoms with E-state index in [-0.39, 0.29) is 10.8 Å². The van der Waals surface area contributed by atoms with Gasteiger partial charge in [-0.1, -0.05) is 96.3 Å². The summed E-state index contributed by atoms with van der Waals surface area (Å²) in [4.78, 5) is 4.09. The molecule has 29 heavy (non-hydrogen) atoms. The third kappa shape index (κ3) is 5.52. The maximum absolute atomic E-state index is 13.1. The van der Waals surface area contributed by atoms with Crippen molar-refractivity contribution in [1.29, 1.82) is 0 Å². The van der Waals surface area contributed by atoms with Crippen LogP contribution in [0.25, 0.3) is 0 Å². The lowest BCUT2D eigenvalue weighted by Gasteiger charge is -2.27. The molecule has 0 unspecified atom stereocenters. The minimum atomic E-state index is -3.49. The van der Waals surface area contributed by atoms with E-state index >= 15 is 0 Å². The van der Waals surface area contributed by atoms with Crippen molar-refractivity contribution in [3.8, 4) is 0 Å². The Morgan fingerprint density at radius 2 is 1.52 bits per heavy atom. The Morgan fingerprint density at radius 3 is 2.14 bits per heavy atom. The molecule has 3 nitrogen and oxygen atoms in total. The first-order chi connectivity index (χ1) is 13.9. The quantitative estimate of drug-likeness (QED) is 0.501. The highest BCUT2D eigenvalue weighted by Crippen LogP contribution is 2.22. The number of pyridine rings is 1. The first-order valence-electron chi connectivity index (χ1n) is 9.82. The molecule has 0 atom stereocenters. The average molecular weight is 422 g/mol. The van der Waals surface area contributed by atoms with E-state index in [4.69, 9.17) is 0 Å². The van der Waals surface area contributed by atoms with Gasteiger partial charge in [0.1, 0.15) is 8.07 Å². The molecular weight excluding hydrogens is 394 g/mol. The van der Waals surface area contributed by atoms with Gasteiger partial charge >= 0.3 is 0 Å². The van der Waals surface area contributed by atoms with Crippen molar-refractivity contribution < 1.29 is 8.42 Å². The van der Waals surface area contributed by atoms with Crippen molar-refractivity contribution in [2.75, 3.05) is 5.75 Å². The van der Waals surface area contributed by atoms with Crippen molar-refractivity contribution in [3.63, 3.8) is 0 Å². The molecule has 0 aliphatic rings. The molecule has 3 aromatic rings. The molecule has 0 aliphatic carbocycles. The van der Waals surface area contributed by atoms with Crippen LogP contribution in [0.1, 0.15) is 12.0 Å². The largest absolute Gasteiger partial charge is 0.245 e. The van der Waals surface area contributed by atoms with Crippen LogP contribution in [-0.4, -0.2) is 27.2 Å². The molecule has 3 rings (SSSR count). The number of aryl methyl sites for hydroxylation is 1. The van der Waals surface area contributed by atoms with Crippen molar-refractivity contribution in [2.45, 2.75) is 31.0 Å². The molecule has 0 aliphatic heterocycles. The molecule has 0 saturated carbocycles. The Hall–Kier alpha value is -2.50. The average Bonchev–Trinajstić information content (AvgIpc) is 2.75. The Kier molecular flexibility index (Phi) is 6.82. The topological polar surface area (TPSA) is 47.0 Å². The molecule has 0 spiro atoms. The molecule has 0 saturated heterocycles. The van der Waals surface area contributed by atoms with Crippen LogP contribution < -0.4 is 5.19 Å². The van der Waals surface area contributed by atoms with Crippen molar-refractivity contribution in [1.82, 2.24) is 4.98 Å². The SMILES string of the molecule is C[Si](C)(/C(=C/CCc1ccccc1)CS(=O)(=O)c1ccccn1)c1ccccc1. The molecule has 0 N–H and O–H groups in total. The lowest BCUT2D eigenvalue weighted by molar-refractivity contribution is 0.595. The van der Waals surface area contributed by atoms with Gasteiger partial charge in [0.2, 0.25) is 0 Å². The van der Waals surface area contributed by atoms with Crippen LogP contribution in [0.2, 0.25) is 13.1 Å². The second-order valence-electron chi connectivity index (χ2n) is 7.67. The van der Waals surface area contributed by atoms with Crippen LogP contribution in [0.5, 0.6) is 0 Å². The molecule has 0 amide bonds. The Bertz CT molecular complexity index is 1050. The molecule has 1 heterocycles. The standard InChI is InChI=1S/C24H27NO2SSi/c1-29(2,22-15-7-4-8-16-22)23(17-11-14-21-12-5-3-6-13-21)20-28(26,27)24-18-9-10-19-25-24/h3-10,12-13,15-19H,11,14,20H2,1-2H3/b23-17+. The van der Waals surface area contributed by atoms with Crippen LogP contribution in [0, 0.1) is 0 Å². The summed E-state index contributed by atoms with van der Waals surface area (Å²) in [6.07, 6.45) is 5.41. The lowest BCUT2D eigenvalue weighted by Crippen LogP contribution is -2.45. The van der Waals surface area contributed by atoms with Crippen LogP contribution in [0.4, 0.5) is 0 Å². The second kappa shape index (κ2) is 9.33. The number of rotatable bonds is 8. The van der Waals surface area contributed by atoms with Crippen molar-refractivity contribution in [3.05, 3.63) is 102 Å². The number of benzene rings is 2. The van der Waals surface area contributed by atoms with E-state index in [1.54, 1.807) is 18.2 Å². The molecule has 2 aromatic carbocycles. The van der Waals surface area contributed by atoms with Crippen LogP contribution in [-0.2, 0) is 16.3 Å². The highest BCUT2D eigenvalue weighted by molar-refractivity contribution is 7.91. The number of nitrogens with zero attached hydrogens (tertiary/aromatic N) is 1. The first kappa shape index (κ1) is 21.2. The van der Waals surface area contributed by atoms with Gasteiger partial charge in [-0.2, -0.15) is 0 Å². The van der Waals surface area contributed by atoms with E-state index in [0.717, 1.165) is 18.0 Å². The van der Waals surface area contributed by atoms with E-state index in [1.165, 1.54) is 16.9 Å². The van der Waals surface area contributed by atoms with Crippen molar-refractivity contribution in [2.24, 2.45) is 0 Å². The minimum absolute atomic E-state index is 0.0208. The van der Waals surface area contributed by atoms with Gasteiger partial charge in [0.05, 0.1) is 5.75 Å². The van der Waals surface area contributed by atoms with E-state index in [9.17, 15) is 8.42 Å². The second-order valence-corrected chi connectivity index (χ2v) is 14.1. The Morgan fingerprint density at radius 1 is 0.897 bits per heavy atom. The first-order valence-corrected chi connectivity index (χ1v) is 14.5. The third-order valence-electron chi connectivity index (χ3n) is 5.27. The van der Waals surface area contributed by atoms with Gasteiger partial charge in [-0.3, -0.25) is 0 Å². The van der Waals surface area contributed by atoms with E-state index in [2.05, 4.69) is 48.4 Å². The fourth-order valence-electron chi connectivity index (χ4n) is 3.40. The van der Waals surface area contributed by atoms with Gasteiger partial charge in [-0.25, -0.2) is 13.4 Å². The molecule has 0 radical (unpaired) electrons. The maximum atomic E-state index is 13.1. The van der Waals surface area contributed by atoms with Gasteiger partial charge in [-0.05, 0) is 30.5 Å². The van der Waals surface area contributed by atoms with E-state index in [0.29, 0.717) is 0 Å². The summed E-state index contributed by atoms with van der Waals surface area (Å²) in [5.41, 5.74) is 1.26. The summed E-state index contributed by atoms with van der Waals surface area (Å²) in [6.45, 7) is 4.45. The normalized spacial score (nSPS) is 12.7. The van der Waals surface area contributed by atoms with Gasteiger partial charge in [-0.15, -0.1) is 0 Å².